The Labute approximate surface area is 146 Å². The van der Waals surface area contributed by atoms with E-state index in [1.807, 2.05) is 0 Å². The van der Waals surface area contributed by atoms with E-state index < -0.39 is 6.09 Å². The maximum atomic E-state index is 14.5. The quantitative estimate of drug-likeness (QED) is 0.817. The number of hydrogen-bond acceptors (Lipinski definition) is 4. The lowest BCUT2D eigenvalue weighted by Crippen LogP contribution is -2.32. The predicted octanol–water partition coefficient (Wildman–Crippen LogP) is 2.55. The molecular weight excluding hydrogens is 329 g/mol. The molecule has 1 aromatic rings. The summed E-state index contributed by atoms with van der Waals surface area (Å²) in [7, 11) is 0. The Morgan fingerprint density at radius 2 is 2.38 bits per heavy atom. The molecule has 2 atom stereocenters. The molecule has 1 aromatic carbocycles. The van der Waals surface area contributed by atoms with Crippen LogP contribution in [0, 0.1) is 5.82 Å². The van der Waals surface area contributed by atoms with E-state index in [2.05, 4.69) is 10.6 Å². The molecule has 0 radical (unpaired) electrons. The highest BCUT2D eigenvalue weighted by Gasteiger charge is 2.32. The SMILES string of the molecule is CC(=S)NC[C@H]1CN(c2ccc(C3CCCNC3)c(F)c2)C(=O)O1. The van der Waals surface area contributed by atoms with Crippen LogP contribution in [0.2, 0.25) is 0 Å². The van der Waals surface area contributed by atoms with Gasteiger partial charge < -0.3 is 15.4 Å². The molecule has 2 N–H and O–H groups in total. The minimum Gasteiger partial charge on any atom is -0.442 e. The Morgan fingerprint density at radius 1 is 1.54 bits per heavy atom. The normalized spacial score (nSPS) is 23.9. The van der Waals surface area contributed by atoms with E-state index >= 15 is 0 Å². The number of benzene rings is 1. The van der Waals surface area contributed by atoms with Crippen LogP contribution in [0.5, 0.6) is 0 Å². The highest BCUT2D eigenvalue weighted by molar-refractivity contribution is 7.80. The zero-order chi connectivity index (χ0) is 17.1. The molecule has 1 unspecified atom stereocenters. The molecule has 0 aliphatic carbocycles. The van der Waals surface area contributed by atoms with E-state index in [9.17, 15) is 9.18 Å². The van der Waals surface area contributed by atoms with Gasteiger partial charge in [0, 0.05) is 6.54 Å². The molecule has 2 saturated heterocycles. The van der Waals surface area contributed by atoms with Gasteiger partial charge in [-0.15, -0.1) is 0 Å². The third-order valence-electron chi connectivity index (χ3n) is 4.49. The number of rotatable bonds is 4. The van der Waals surface area contributed by atoms with E-state index in [-0.39, 0.29) is 17.8 Å². The predicted molar refractivity (Wildman–Crippen MR) is 95.1 cm³/mol. The Bertz CT molecular complexity index is 634. The highest BCUT2D eigenvalue weighted by atomic mass is 32.1. The molecule has 0 saturated carbocycles. The number of halogens is 1. The van der Waals surface area contributed by atoms with Gasteiger partial charge in [0.25, 0.3) is 0 Å². The maximum absolute atomic E-state index is 14.5. The number of carbonyl (C=O) groups excluding carboxylic acids is 1. The lowest BCUT2D eigenvalue weighted by atomic mass is 9.91. The van der Waals surface area contributed by atoms with Gasteiger partial charge in [0.05, 0.1) is 23.8 Å². The number of nitrogens with zero attached hydrogens (tertiary/aromatic N) is 1. The fourth-order valence-corrected chi connectivity index (χ4v) is 3.31. The number of thiocarbonyl (C=S) groups is 1. The Hall–Kier alpha value is -1.73. The summed E-state index contributed by atoms with van der Waals surface area (Å²) in [5.41, 5.74) is 1.25. The average Bonchev–Trinajstić information content (AvgIpc) is 2.94. The molecule has 0 bridgehead atoms. The number of cyclic esters (lactones) is 1. The van der Waals surface area contributed by atoms with Crippen molar-refractivity contribution in [1.29, 1.82) is 0 Å². The van der Waals surface area contributed by atoms with Gasteiger partial charge >= 0.3 is 6.09 Å². The Kier molecular flexibility index (Phi) is 5.30. The van der Waals surface area contributed by atoms with E-state index in [0.29, 0.717) is 29.3 Å². The number of anilines is 1. The van der Waals surface area contributed by atoms with Crippen molar-refractivity contribution in [3.8, 4) is 0 Å². The van der Waals surface area contributed by atoms with Gasteiger partial charge in [-0.1, -0.05) is 18.3 Å². The summed E-state index contributed by atoms with van der Waals surface area (Å²) < 4.78 is 19.8. The zero-order valence-electron chi connectivity index (χ0n) is 13.7. The van der Waals surface area contributed by atoms with Crippen molar-refractivity contribution in [2.45, 2.75) is 31.8 Å². The van der Waals surface area contributed by atoms with Gasteiger partial charge in [0.15, 0.2) is 0 Å². The van der Waals surface area contributed by atoms with Crippen molar-refractivity contribution in [3.63, 3.8) is 0 Å². The Balaban J connectivity index is 1.69. The summed E-state index contributed by atoms with van der Waals surface area (Å²) in [6.45, 7) is 4.42. The van der Waals surface area contributed by atoms with Crippen molar-refractivity contribution in [2.75, 3.05) is 31.1 Å². The van der Waals surface area contributed by atoms with Crippen LogP contribution in [0.3, 0.4) is 0 Å². The fraction of sp³-hybridized carbons (Fsp3) is 0.529. The molecule has 1 amide bonds. The molecule has 3 rings (SSSR count). The van der Waals surface area contributed by atoms with Crippen LogP contribution >= 0.6 is 12.2 Å². The van der Waals surface area contributed by atoms with Crippen molar-refractivity contribution in [2.24, 2.45) is 0 Å². The van der Waals surface area contributed by atoms with Crippen LogP contribution in [0.25, 0.3) is 0 Å². The lowest BCUT2D eigenvalue weighted by Gasteiger charge is -2.24. The van der Waals surface area contributed by atoms with Gasteiger partial charge in [0.1, 0.15) is 11.9 Å². The summed E-state index contributed by atoms with van der Waals surface area (Å²) in [6.07, 6.45) is 1.30. The molecule has 2 fully saturated rings. The first-order valence-corrected chi connectivity index (χ1v) is 8.68. The van der Waals surface area contributed by atoms with Gasteiger partial charge in [-0.2, -0.15) is 0 Å². The molecule has 5 nitrogen and oxygen atoms in total. The molecule has 7 heteroatoms. The second-order valence-electron chi connectivity index (χ2n) is 6.30. The molecule has 0 spiro atoms. The largest absolute Gasteiger partial charge is 0.442 e. The number of nitrogens with one attached hydrogen (secondary N) is 2. The number of ether oxygens (including phenoxy) is 1. The van der Waals surface area contributed by atoms with Crippen molar-refractivity contribution < 1.29 is 13.9 Å². The first-order valence-electron chi connectivity index (χ1n) is 8.27. The van der Waals surface area contributed by atoms with E-state index in [0.717, 1.165) is 25.9 Å². The fourth-order valence-electron chi connectivity index (χ4n) is 3.23. The standard InChI is InChI=1S/C17H22FN3O2S/c1-11(24)20-9-14-10-21(17(22)23-14)13-4-5-15(16(18)7-13)12-3-2-6-19-8-12/h4-5,7,12,14,19H,2-3,6,8-10H2,1H3,(H,20,24)/t12?,14-/m0/s1. The smallest absolute Gasteiger partial charge is 0.414 e. The average molecular weight is 351 g/mol. The number of amides is 1. The van der Waals surface area contributed by atoms with E-state index in [1.165, 1.54) is 11.0 Å². The number of piperidine rings is 1. The van der Waals surface area contributed by atoms with Crippen molar-refractivity contribution in [1.82, 2.24) is 10.6 Å². The van der Waals surface area contributed by atoms with Crippen LogP contribution in [0.4, 0.5) is 14.9 Å². The second-order valence-corrected chi connectivity index (χ2v) is 6.91. The first-order chi connectivity index (χ1) is 11.5. The molecule has 130 valence electrons. The van der Waals surface area contributed by atoms with Crippen molar-refractivity contribution >= 4 is 29.0 Å². The van der Waals surface area contributed by atoms with Gasteiger partial charge in [-0.25, -0.2) is 9.18 Å². The molecule has 2 aliphatic rings. The molecule has 2 aliphatic heterocycles. The second kappa shape index (κ2) is 7.44. The number of carbonyl (C=O) groups is 1. The lowest BCUT2D eigenvalue weighted by molar-refractivity contribution is 0.143. The highest BCUT2D eigenvalue weighted by Crippen LogP contribution is 2.30. The van der Waals surface area contributed by atoms with Gasteiger partial charge in [-0.3, -0.25) is 4.90 Å². The van der Waals surface area contributed by atoms with E-state index in [1.54, 1.807) is 19.1 Å². The van der Waals surface area contributed by atoms with Crippen molar-refractivity contribution in [3.05, 3.63) is 29.6 Å². The van der Waals surface area contributed by atoms with Crippen LogP contribution in [-0.4, -0.2) is 43.4 Å². The number of hydrogen-bond donors (Lipinski definition) is 2. The molecule has 24 heavy (non-hydrogen) atoms. The maximum Gasteiger partial charge on any atom is 0.414 e. The minimum absolute atomic E-state index is 0.195. The van der Waals surface area contributed by atoms with Crippen LogP contribution < -0.4 is 15.5 Å². The summed E-state index contributed by atoms with van der Waals surface area (Å²) >= 11 is 4.96. The topological polar surface area (TPSA) is 53.6 Å². The molecular formula is C17H22FN3O2S. The van der Waals surface area contributed by atoms with Crippen LogP contribution in [-0.2, 0) is 4.74 Å². The van der Waals surface area contributed by atoms with Gasteiger partial charge in [0.2, 0.25) is 0 Å². The first kappa shape index (κ1) is 17.1. The summed E-state index contributed by atoms with van der Waals surface area (Å²) in [6, 6.07) is 5.03. The van der Waals surface area contributed by atoms with E-state index in [4.69, 9.17) is 17.0 Å². The summed E-state index contributed by atoms with van der Waals surface area (Å²) in [5.74, 6) is -0.0637. The third-order valence-corrected chi connectivity index (χ3v) is 4.63. The van der Waals surface area contributed by atoms with Gasteiger partial charge in [-0.05, 0) is 49.9 Å². The summed E-state index contributed by atoms with van der Waals surface area (Å²) in [5, 5.41) is 6.29. The third kappa shape index (κ3) is 3.84. The zero-order valence-corrected chi connectivity index (χ0v) is 14.5. The molecule has 2 heterocycles. The van der Waals surface area contributed by atoms with Crippen LogP contribution in [0.1, 0.15) is 31.2 Å². The Morgan fingerprint density at radius 3 is 3.04 bits per heavy atom. The monoisotopic (exact) mass is 351 g/mol. The molecule has 0 aromatic heterocycles. The summed E-state index contributed by atoms with van der Waals surface area (Å²) in [4.78, 5) is 14.2. The minimum atomic E-state index is -0.449. The van der Waals surface area contributed by atoms with Crippen LogP contribution in [0.15, 0.2) is 18.2 Å².